The fraction of sp³-hybridized carbons (Fsp3) is 0.538. The maximum Gasteiger partial charge on any atom is 0.120 e. The van der Waals surface area contributed by atoms with Crippen molar-refractivity contribution >= 4 is 0 Å². The minimum Gasteiger partial charge on any atom is -0.489 e. The summed E-state index contributed by atoms with van der Waals surface area (Å²) in [5, 5.41) is 0. The molecule has 0 spiro atoms. The normalized spacial score (nSPS) is 16.1. The van der Waals surface area contributed by atoms with Gasteiger partial charge in [0.1, 0.15) is 11.9 Å². The summed E-state index contributed by atoms with van der Waals surface area (Å²) >= 11 is 0. The molecule has 2 heteroatoms. The Morgan fingerprint density at radius 3 is 2.87 bits per heavy atom. The first-order chi connectivity index (χ1) is 7.33. The van der Waals surface area contributed by atoms with Crippen molar-refractivity contribution in [2.24, 2.45) is 5.73 Å². The van der Waals surface area contributed by atoms with E-state index in [0.29, 0.717) is 6.54 Å². The highest BCUT2D eigenvalue weighted by Gasteiger charge is 2.12. The van der Waals surface area contributed by atoms with E-state index in [-0.39, 0.29) is 6.10 Å². The van der Waals surface area contributed by atoms with E-state index in [2.05, 4.69) is 25.1 Å². The molecule has 0 radical (unpaired) electrons. The zero-order valence-corrected chi connectivity index (χ0v) is 9.33. The molecule has 0 bridgehead atoms. The van der Waals surface area contributed by atoms with Crippen LogP contribution in [0.25, 0.3) is 0 Å². The molecule has 0 aliphatic heterocycles. The predicted octanol–water partition coefficient (Wildman–Crippen LogP) is 2.29. The van der Waals surface area contributed by atoms with Gasteiger partial charge >= 0.3 is 0 Å². The van der Waals surface area contributed by atoms with E-state index in [1.54, 1.807) is 0 Å². The molecule has 1 unspecified atom stereocenters. The van der Waals surface area contributed by atoms with E-state index in [0.717, 1.165) is 12.2 Å². The summed E-state index contributed by atoms with van der Waals surface area (Å²) in [6.07, 6.45) is 4.83. The lowest BCUT2D eigenvalue weighted by atomic mass is 10.1. The molecule has 1 aliphatic carbocycles. The number of nitrogens with two attached hydrogens (primary N) is 1. The number of ether oxygens (including phenoxy) is 1. The standard InChI is InChI=1S/C13H19NO/c1-2-12(9-14)15-13-7-6-10-4-3-5-11(10)8-13/h6-8,12H,2-5,9,14H2,1H3. The third-order valence-corrected chi connectivity index (χ3v) is 3.09. The van der Waals surface area contributed by atoms with Crippen molar-refractivity contribution in [3.8, 4) is 5.75 Å². The van der Waals surface area contributed by atoms with Crippen LogP contribution in [0.15, 0.2) is 18.2 Å². The Morgan fingerprint density at radius 2 is 2.13 bits per heavy atom. The Hall–Kier alpha value is -1.02. The molecule has 0 heterocycles. The molecule has 0 saturated carbocycles. The zero-order chi connectivity index (χ0) is 10.7. The molecule has 0 saturated heterocycles. The smallest absolute Gasteiger partial charge is 0.120 e. The molecule has 82 valence electrons. The summed E-state index contributed by atoms with van der Waals surface area (Å²) in [7, 11) is 0. The Balaban J connectivity index is 2.09. The fourth-order valence-corrected chi connectivity index (χ4v) is 2.11. The summed E-state index contributed by atoms with van der Waals surface area (Å²) in [6, 6.07) is 6.45. The molecular formula is C13H19NO. The minimum absolute atomic E-state index is 0.157. The van der Waals surface area contributed by atoms with Gasteiger partial charge in [0, 0.05) is 6.54 Å². The molecule has 2 nitrogen and oxygen atoms in total. The monoisotopic (exact) mass is 205 g/mol. The highest BCUT2D eigenvalue weighted by Crippen LogP contribution is 2.26. The third kappa shape index (κ3) is 2.32. The van der Waals surface area contributed by atoms with Crippen molar-refractivity contribution in [1.29, 1.82) is 0 Å². The molecule has 1 aromatic rings. The molecule has 0 fully saturated rings. The van der Waals surface area contributed by atoms with Crippen molar-refractivity contribution in [2.45, 2.75) is 38.7 Å². The van der Waals surface area contributed by atoms with Gasteiger partial charge in [-0.15, -0.1) is 0 Å². The van der Waals surface area contributed by atoms with Crippen LogP contribution in [-0.2, 0) is 12.8 Å². The van der Waals surface area contributed by atoms with Crippen LogP contribution in [0.4, 0.5) is 0 Å². The number of fused-ring (bicyclic) bond motifs is 1. The van der Waals surface area contributed by atoms with Gasteiger partial charge in [-0.25, -0.2) is 0 Å². The Kier molecular flexibility index (Phi) is 3.27. The highest BCUT2D eigenvalue weighted by molar-refractivity contribution is 5.38. The van der Waals surface area contributed by atoms with Crippen LogP contribution in [0.2, 0.25) is 0 Å². The van der Waals surface area contributed by atoms with Gasteiger partial charge in [0.2, 0.25) is 0 Å². The number of rotatable bonds is 4. The predicted molar refractivity (Wildman–Crippen MR) is 62.2 cm³/mol. The first-order valence-electron chi connectivity index (χ1n) is 5.82. The van der Waals surface area contributed by atoms with Crippen LogP contribution in [0, 0.1) is 0 Å². The zero-order valence-electron chi connectivity index (χ0n) is 9.33. The van der Waals surface area contributed by atoms with Crippen LogP contribution in [0.1, 0.15) is 30.9 Å². The van der Waals surface area contributed by atoms with E-state index >= 15 is 0 Å². The van der Waals surface area contributed by atoms with Crippen molar-refractivity contribution in [1.82, 2.24) is 0 Å². The van der Waals surface area contributed by atoms with Gasteiger partial charge in [0.05, 0.1) is 0 Å². The van der Waals surface area contributed by atoms with Gasteiger partial charge in [0.25, 0.3) is 0 Å². The minimum atomic E-state index is 0.157. The summed E-state index contributed by atoms with van der Waals surface area (Å²) < 4.78 is 5.81. The summed E-state index contributed by atoms with van der Waals surface area (Å²) in [6.45, 7) is 2.69. The molecule has 2 rings (SSSR count). The van der Waals surface area contributed by atoms with Crippen molar-refractivity contribution in [2.75, 3.05) is 6.54 Å². The van der Waals surface area contributed by atoms with Gasteiger partial charge in [-0.2, -0.15) is 0 Å². The molecule has 15 heavy (non-hydrogen) atoms. The fourth-order valence-electron chi connectivity index (χ4n) is 2.11. The number of hydrogen-bond acceptors (Lipinski definition) is 2. The van der Waals surface area contributed by atoms with Gasteiger partial charge < -0.3 is 10.5 Å². The quantitative estimate of drug-likeness (QED) is 0.818. The average molecular weight is 205 g/mol. The lowest BCUT2D eigenvalue weighted by Gasteiger charge is -2.16. The third-order valence-electron chi connectivity index (χ3n) is 3.09. The van der Waals surface area contributed by atoms with E-state index < -0.39 is 0 Å². The van der Waals surface area contributed by atoms with E-state index in [4.69, 9.17) is 10.5 Å². The van der Waals surface area contributed by atoms with Gasteiger partial charge in [-0.05, 0) is 48.9 Å². The Bertz CT molecular complexity index is 331. The maximum absolute atomic E-state index is 5.81. The van der Waals surface area contributed by atoms with E-state index in [9.17, 15) is 0 Å². The Labute approximate surface area is 91.4 Å². The molecule has 0 aromatic heterocycles. The van der Waals surface area contributed by atoms with Crippen LogP contribution in [-0.4, -0.2) is 12.6 Å². The van der Waals surface area contributed by atoms with E-state index in [1.165, 1.54) is 30.4 Å². The van der Waals surface area contributed by atoms with Gasteiger partial charge in [0.15, 0.2) is 0 Å². The average Bonchev–Trinajstić information content (AvgIpc) is 2.73. The molecule has 1 aliphatic rings. The Morgan fingerprint density at radius 1 is 1.33 bits per heavy atom. The van der Waals surface area contributed by atoms with Crippen molar-refractivity contribution in [3.05, 3.63) is 29.3 Å². The molecular weight excluding hydrogens is 186 g/mol. The maximum atomic E-state index is 5.81. The van der Waals surface area contributed by atoms with Crippen LogP contribution >= 0.6 is 0 Å². The molecule has 2 N–H and O–H groups in total. The molecule has 1 aromatic carbocycles. The largest absolute Gasteiger partial charge is 0.489 e. The SMILES string of the molecule is CCC(CN)Oc1ccc2c(c1)CCC2. The van der Waals surface area contributed by atoms with Crippen LogP contribution < -0.4 is 10.5 Å². The lowest BCUT2D eigenvalue weighted by Crippen LogP contribution is -2.25. The second kappa shape index (κ2) is 4.67. The summed E-state index contributed by atoms with van der Waals surface area (Å²) in [4.78, 5) is 0. The number of hydrogen-bond donors (Lipinski definition) is 1. The van der Waals surface area contributed by atoms with Crippen molar-refractivity contribution < 1.29 is 4.74 Å². The number of benzene rings is 1. The second-order valence-corrected chi connectivity index (χ2v) is 4.17. The second-order valence-electron chi connectivity index (χ2n) is 4.17. The lowest BCUT2D eigenvalue weighted by molar-refractivity contribution is 0.205. The van der Waals surface area contributed by atoms with Crippen LogP contribution in [0.3, 0.4) is 0 Å². The number of aryl methyl sites for hydroxylation is 2. The summed E-state index contributed by atoms with van der Waals surface area (Å²) in [5.74, 6) is 0.980. The van der Waals surface area contributed by atoms with Crippen LogP contribution in [0.5, 0.6) is 5.75 Å². The molecule has 1 atom stereocenters. The van der Waals surface area contributed by atoms with Gasteiger partial charge in [-0.3, -0.25) is 0 Å². The first kappa shape index (κ1) is 10.5. The first-order valence-corrected chi connectivity index (χ1v) is 5.82. The van der Waals surface area contributed by atoms with Gasteiger partial charge in [-0.1, -0.05) is 13.0 Å². The molecule has 0 amide bonds. The van der Waals surface area contributed by atoms with Crippen molar-refractivity contribution in [3.63, 3.8) is 0 Å². The topological polar surface area (TPSA) is 35.2 Å². The van der Waals surface area contributed by atoms with E-state index in [1.807, 2.05) is 0 Å². The summed E-state index contributed by atoms with van der Waals surface area (Å²) in [5.41, 5.74) is 8.57. The highest BCUT2D eigenvalue weighted by atomic mass is 16.5.